The van der Waals surface area contributed by atoms with Crippen LogP contribution >= 0.6 is 0 Å². The van der Waals surface area contributed by atoms with Gasteiger partial charge in [0.25, 0.3) is 0 Å². The molecule has 5 heteroatoms. The summed E-state index contributed by atoms with van der Waals surface area (Å²) in [6, 6.07) is 5.02. The summed E-state index contributed by atoms with van der Waals surface area (Å²) in [7, 11) is -3.52. The van der Waals surface area contributed by atoms with Crippen LogP contribution in [-0.2, 0) is 10.0 Å². The number of benzene rings is 1. The SMILES string of the molecule is CCCC(C)NS(=O)(=O)c1c(C)cccc1N. The summed E-state index contributed by atoms with van der Waals surface area (Å²) in [6.45, 7) is 5.62. The lowest BCUT2D eigenvalue weighted by Gasteiger charge is -2.16. The molecular formula is C12H20N2O2S. The second-order valence-electron chi connectivity index (χ2n) is 4.30. The number of rotatable bonds is 5. The molecule has 0 radical (unpaired) electrons. The van der Waals surface area contributed by atoms with Crippen LogP contribution in [0.5, 0.6) is 0 Å². The van der Waals surface area contributed by atoms with E-state index in [9.17, 15) is 8.42 Å². The molecule has 96 valence electrons. The monoisotopic (exact) mass is 256 g/mol. The molecule has 3 N–H and O–H groups in total. The molecular weight excluding hydrogens is 236 g/mol. The highest BCUT2D eigenvalue weighted by molar-refractivity contribution is 7.89. The predicted octanol–water partition coefficient (Wildman–Crippen LogP) is 2.04. The second kappa shape index (κ2) is 5.51. The number of aryl methyl sites for hydroxylation is 1. The number of sulfonamides is 1. The standard InChI is InChI=1S/C12H20N2O2S/c1-4-6-10(3)14-17(15,16)12-9(2)7-5-8-11(12)13/h5,7-8,10,14H,4,6,13H2,1-3H3. The molecule has 0 aromatic heterocycles. The molecule has 1 aromatic carbocycles. The zero-order valence-corrected chi connectivity index (χ0v) is 11.3. The smallest absolute Gasteiger partial charge is 0.243 e. The Morgan fingerprint density at radius 2 is 2.06 bits per heavy atom. The van der Waals surface area contributed by atoms with Gasteiger partial charge in [-0.15, -0.1) is 0 Å². The molecule has 1 rings (SSSR count). The first kappa shape index (κ1) is 14.0. The highest BCUT2D eigenvalue weighted by atomic mass is 32.2. The van der Waals surface area contributed by atoms with Crippen molar-refractivity contribution in [2.24, 2.45) is 0 Å². The van der Waals surface area contributed by atoms with E-state index in [0.717, 1.165) is 12.8 Å². The van der Waals surface area contributed by atoms with Crippen molar-refractivity contribution in [1.82, 2.24) is 4.72 Å². The maximum atomic E-state index is 12.2. The fourth-order valence-corrected chi connectivity index (χ4v) is 3.49. The van der Waals surface area contributed by atoms with Crippen LogP contribution in [0.25, 0.3) is 0 Å². The lowest BCUT2D eigenvalue weighted by atomic mass is 10.2. The van der Waals surface area contributed by atoms with Gasteiger partial charge >= 0.3 is 0 Å². The summed E-state index contributed by atoms with van der Waals surface area (Å²) < 4.78 is 27.0. The summed E-state index contributed by atoms with van der Waals surface area (Å²) in [5, 5.41) is 0. The minimum atomic E-state index is -3.52. The van der Waals surface area contributed by atoms with Crippen molar-refractivity contribution >= 4 is 15.7 Å². The molecule has 1 atom stereocenters. The van der Waals surface area contributed by atoms with Crippen LogP contribution in [0.2, 0.25) is 0 Å². The van der Waals surface area contributed by atoms with Crippen molar-refractivity contribution in [2.45, 2.75) is 44.6 Å². The number of anilines is 1. The van der Waals surface area contributed by atoms with Crippen LogP contribution in [-0.4, -0.2) is 14.5 Å². The highest BCUT2D eigenvalue weighted by Gasteiger charge is 2.21. The Kier molecular flexibility index (Phi) is 4.54. The van der Waals surface area contributed by atoms with Crippen LogP contribution in [0.1, 0.15) is 32.3 Å². The van der Waals surface area contributed by atoms with Crippen LogP contribution in [0.4, 0.5) is 5.69 Å². The minimum Gasteiger partial charge on any atom is -0.398 e. The molecule has 0 heterocycles. The van der Waals surface area contributed by atoms with Crippen LogP contribution in [0.15, 0.2) is 23.1 Å². The first-order chi connectivity index (χ1) is 7.88. The Balaban J connectivity index is 3.06. The lowest BCUT2D eigenvalue weighted by Crippen LogP contribution is -2.33. The van der Waals surface area contributed by atoms with Gasteiger partial charge in [-0.2, -0.15) is 0 Å². The Bertz CT molecular complexity index is 463. The van der Waals surface area contributed by atoms with Crippen molar-refractivity contribution in [3.8, 4) is 0 Å². The first-order valence-corrected chi connectivity index (χ1v) is 7.24. The van der Waals surface area contributed by atoms with E-state index in [1.54, 1.807) is 25.1 Å². The van der Waals surface area contributed by atoms with E-state index < -0.39 is 10.0 Å². The molecule has 0 bridgehead atoms. The molecule has 0 fully saturated rings. The normalized spacial score (nSPS) is 13.6. The van der Waals surface area contributed by atoms with E-state index in [4.69, 9.17) is 5.73 Å². The first-order valence-electron chi connectivity index (χ1n) is 5.76. The van der Waals surface area contributed by atoms with Gasteiger partial charge in [0.1, 0.15) is 4.90 Å². The van der Waals surface area contributed by atoms with Gasteiger partial charge in [0.2, 0.25) is 10.0 Å². The number of hydrogen-bond donors (Lipinski definition) is 2. The molecule has 0 saturated heterocycles. The Morgan fingerprint density at radius 1 is 1.41 bits per heavy atom. The molecule has 0 amide bonds. The summed E-state index contributed by atoms with van der Waals surface area (Å²) >= 11 is 0. The quantitative estimate of drug-likeness (QED) is 0.792. The zero-order chi connectivity index (χ0) is 13.1. The molecule has 0 spiro atoms. The molecule has 1 aromatic rings. The van der Waals surface area contributed by atoms with E-state index in [2.05, 4.69) is 4.72 Å². The van der Waals surface area contributed by atoms with E-state index in [0.29, 0.717) is 11.3 Å². The summed E-state index contributed by atoms with van der Waals surface area (Å²) in [4.78, 5) is 0.197. The third-order valence-corrected chi connectivity index (χ3v) is 4.40. The number of nitrogens with one attached hydrogen (secondary N) is 1. The van der Waals surface area contributed by atoms with Crippen molar-refractivity contribution in [2.75, 3.05) is 5.73 Å². The van der Waals surface area contributed by atoms with Crippen LogP contribution in [0.3, 0.4) is 0 Å². The van der Waals surface area contributed by atoms with Gasteiger partial charge in [0.15, 0.2) is 0 Å². The maximum Gasteiger partial charge on any atom is 0.243 e. The molecule has 0 aliphatic rings. The fraction of sp³-hybridized carbons (Fsp3) is 0.500. The summed E-state index contributed by atoms with van der Waals surface area (Å²) in [5.74, 6) is 0. The lowest BCUT2D eigenvalue weighted by molar-refractivity contribution is 0.544. The van der Waals surface area contributed by atoms with Crippen molar-refractivity contribution in [1.29, 1.82) is 0 Å². The van der Waals surface area contributed by atoms with E-state index >= 15 is 0 Å². The summed E-state index contributed by atoms with van der Waals surface area (Å²) in [6.07, 6.45) is 1.75. The van der Waals surface area contributed by atoms with Crippen molar-refractivity contribution in [3.63, 3.8) is 0 Å². The molecule has 0 saturated carbocycles. The largest absolute Gasteiger partial charge is 0.398 e. The number of nitrogen functional groups attached to an aromatic ring is 1. The Labute approximate surface area is 103 Å². The average Bonchev–Trinajstić information content (AvgIpc) is 2.15. The molecule has 17 heavy (non-hydrogen) atoms. The fourth-order valence-electron chi connectivity index (χ4n) is 1.86. The van der Waals surface area contributed by atoms with Gasteiger partial charge in [-0.25, -0.2) is 13.1 Å². The van der Waals surface area contributed by atoms with Gasteiger partial charge in [-0.05, 0) is 31.9 Å². The maximum absolute atomic E-state index is 12.2. The van der Waals surface area contributed by atoms with E-state index in [1.165, 1.54) is 0 Å². The number of hydrogen-bond acceptors (Lipinski definition) is 3. The Morgan fingerprint density at radius 3 is 2.59 bits per heavy atom. The van der Waals surface area contributed by atoms with Gasteiger partial charge in [0.05, 0.1) is 5.69 Å². The molecule has 0 aliphatic heterocycles. The van der Waals surface area contributed by atoms with Gasteiger partial charge in [0, 0.05) is 6.04 Å². The summed E-state index contributed by atoms with van der Waals surface area (Å²) in [5.41, 5.74) is 6.70. The third kappa shape index (κ3) is 3.44. The van der Waals surface area contributed by atoms with E-state index in [1.807, 2.05) is 13.8 Å². The van der Waals surface area contributed by atoms with Gasteiger partial charge < -0.3 is 5.73 Å². The van der Waals surface area contributed by atoms with Crippen molar-refractivity contribution in [3.05, 3.63) is 23.8 Å². The average molecular weight is 256 g/mol. The van der Waals surface area contributed by atoms with E-state index in [-0.39, 0.29) is 10.9 Å². The second-order valence-corrected chi connectivity index (χ2v) is 5.96. The number of nitrogens with two attached hydrogens (primary N) is 1. The zero-order valence-electron chi connectivity index (χ0n) is 10.5. The minimum absolute atomic E-state index is 0.0796. The molecule has 0 aliphatic carbocycles. The van der Waals surface area contributed by atoms with Crippen LogP contribution in [0, 0.1) is 6.92 Å². The van der Waals surface area contributed by atoms with Crippen LogP contribution < -0.4 is 10.5 Å². The third-order valence-electron chi connectivity index (χ3n) is 2.59. The highest BCUT2D eigenvalue weighted by Crippen LogP contribution is 2.22. The molecule has 4 nitrogen and oxygen atoms in total. The topological polar surface area (TPSA) is 72.2 Å². The van der Waals surface area contributed by atoms with Gasteiger partial charge in [-0.3, -0.25) is 0 Å². The Hall–Kier alpha value is -1.07. The molecule has 1 unspecified atom stereocenters. The van der Waals surface area contributed by atoms with Gasteiger partial charge in [-0.1, -0.05) is 25.5 Å². The predicted molar refractivity (Wildman–Crippen MR) is 70.3 cm³/mol. The van der Waals surface area contributed by atoms with Crippen molar-refractivity contribution < 1.29 is 8.42 Å².